The fraction of sp³-hybridized carbons (Fsp3) is 0.267. The van der Waals surface area contributed by atoms with Crippen molar-refractivity contribution in [3.05, 3.63) is 53.7 Å². The average molecular weight is 262 g/mol. The number of hydrogen-bond donors (Lipinski definition) is 0. The molecule has 18 heavy (non-hydrogen) atoms. The van der Waals surface area contributed by atoms with Gasteiger partial charge in [0, 0.05) is 17.6 Å². The van der Waals surface area contributed by atoms with Crippen LogP contribution in [0.1, 0.15) is 18.4 Å². The number of aromatic nitrogens is 1. The van der Waals surface area contributed by atoms with Crippen LogP contribution in [0.2, 0.25) is 5.15 Å². The lowest BCUT2D eigenvalue weighted by Gasteiger charge is -2.07. The van der Waals surface area contributed by atoms with Crippen molar-refractivity contribution in [2.45, 2.75) is 19.4 Å². The van der Waals surface area contributed by atoms with Gasteiger partial charge in [0.15, 0.2) is 0 Å². The molecule has 0 saturated carbocycles. The number of benzene rings is 1. The van der Waals surface area contributed by atoms with E-state index in [0.717, 1.165) is 35.9 Å². The van der Waals surface area contributed by atoms with Crippen molar-refractivity contribution in [1.82, 2.24) is 4.98 Å². The number of ether oxygens (including phenoxy) is 1. The highest BCUT2D eigenvalue weighted by Crippen LogP contribution is 2.21. The second-order valence-electron chi connectivity index (χ2n) is 4.11. The van der Waals surface area contributed by atoms with Crippen LogP contribution >= 0.6 is 11.6 Å². The van der Waals surface area contributed by atoms with Gasteiger partial charge in [0.25, 0.3) is 0 Å². The predicted octanol–water partition coefficient (Wildman–Crippen LogP) is 4.37. The zero-order valence-electron chi connectivity index (χ0n) is 10.2. The molecule has 0 aliphatic rings. The highest BCUT2D eigenvalue weighted by molar-refractivity contribution is 6.30. The van der Waals surface area contributed by atoms with E-state index in [1.54, 1.807) is 0 Å². The normalized spacial score (nSPS) is 10.7. The van der Waals surface area contributed by atoms with E-state index in [4.69, 9.17) is 16.3 Å². The van der Waals surface area contributed by atoms with E-state index in [-0.39, 0.29) is 0 Å². The molecule has 0 spiro atoms. The van der Waals surface area contributed by atoms with Crippen molar-refractivity contribution in [3.8, 4) is 0 Å². The quantitative estimate of drug-likeness (QED) is 0.438. The van der Waals surface area contributed by atoms with Gasteiger partial charge < -0.3 is 4.74 Å². The topological polar surface area (TPSA) is 22.1 Å². The van der Waals surface area contributed by atoms with Crippen LogP contribution in [0, 0.1) is 0 Å². The first-order valence-electron chi connectivity index (χ1n) is 6.04. The van der Waals surface area contributed by atoms with E-state index in [2.05, 4.69) is 11.6 Å². The number of pyridine rings is 1. The molecule has 0 aliphatic carbocycles. The molecule has 0 N–H and O–H groups in total. The molecule has 1 aromatic carbocycles. The van der Waals surface area contributed by atoms with Crippen molar-refractivity contribution in [3.63, 3.8) is 0 Å². The summed E-state index contributed by atoms with van der Waals surface area (Å²) in [6.07, 6.45) is 3.86. The van der Waals surface area contributed by atoms with E-state index < -0.39 is 0 Å². The molecule has 0 atom stereocenters. The second kappa shape index (κ2) is 6.53. The van der Waals surface area contributed by atoms with E-state index in [0.29, 0.717) is 11.8 Å². The van der Waals surface area contributed by atoms with Gasteiger partial charge in [-0.3, -0.25) is 0 Å². The number of fused-ring (bicyclic) bond motifs is 1. The maximum Gasteiger partial charge on any atom is 0.135 e. The summed E-state index contributed by atoms with van der Waals surface area (Å²) in [5, 5.41) is 1.61. The third-order valence-electron chi connectivity index (χ3n) is 2.70. The van der Waals surface area contributed by atoms with Crippen LogP contribution in [0.15, 0.2) is 43.0 Å². The number of allylic oxidation sites excluding steroid dienone is 1. The Kier molecular flexibility index (Phi) is 4.73. The summed E-state index contributed by atoms with van der Waals surface area (Å²) in [5.41, 5.74) is 1.85. The molecule has 0 aliphatic heterocycles. The Hall–Kier alpha value is -1.38. The molecule has 2 aromatic rings. The Labute approximate surface area is 112 Å². The third kappa shape index (κ3) is 3.31. The maximum atomic E-state index is 6.14. The summed E-state index contributed by atoms with van der Waals surface area (Å²) in [7, 11) is 0. The Morgan fingerprint density at radius 2 is 2.17 bits per heavy atom. The van der Waals surface area contributed by atoms with Crippen LogP contribution in [0.5, 0.6) is 0 Å². The number of para-hydroxylation sites is 1. The van der Waals surface area contributed by atoms with Crippen LogP contribution < -0.4 is 0 Å². The van der Waals surface area contributed by atoms with Gasteiger partial charge in [-0.15, -0.1) is 6.58 Å². The van der Waals surface area contributed by atoms with Gasteiger partial charge in [0.2, 0.25) is 0 Å². The largest absolute Gasteiger partial charge is 0.377 e. The van der Waals surface area contributed by atoms with Gasteiger partial charge in [-0.05, 0) is 25.0 Å². The zero-order valence-corrected chi connectivity index (χ0v) is 11.0. The van der Waals surface area contributed by atoms with Crippen LogP contribution in [-0.2, 0) is 11.3 Å². The van der Waals surface area contributed by atoms with Gasteiger partial charge in [0.1, 0.15) is 5.15 Å². The zero-order chi connectivity index (χ0) is 12.8. The fourth-order valence-corrected chi connectivity index (χ4v) is 1.95. The smallest absolute Gasteiger partial charge is 0.135 e. The van der Waals surface area contributed by atoms with Crippen LogP contribution in [-0.4, -0.2) is 11.6 Å². The van der Waals surface area contributed by atoms with Gasteiger partial charge in [-0.2, -0.15) is 0 Å². The molecule has 0 saturated heterocycles. The van der Waals surface area contributed by atoms with E-state index in [1.165, 1.54) is 0 Å². The molecular formula is C15H16ClNO. The number of nitrogens with zero attached hydrogens (tertiary/aromatic N) is 1. The van der Waals surface area contributed by atoms with Crippen molar-refractivity contribution in [1.29, 1.82) is 0 Å². The average Bonchev–Trinajstić information content (AvgIpc) is 2.39. The minimum absolute atomic E-state index is 0.508. The van der Waals surface area contributed by atoms with E-state index in [9.17, 15) is 0 Å². The van der Waals surface area contributed by atoms with E-state index in [1.807, 2.05) is 36.4 Å². The Morgan fingerprint density at radius 1 is 1.33 bits per heavy atom. The van der Waals surface area contributed by atoms with Crippen molar-refractivity contribution >= 4 is 22.5 Å². The Balaban J connectivity index is 2.03. The van der Waals surface area contributed by atoms with Crippen molar-refractivity contribution < 1.29 is 4.74 Å². The molecule has 1 heterocycles. The first kappa shape index (κ1) is 13.1. The third-order valence-corrected chi connectivity index (χ3v) is 3.03. The summed E-state index contributed by atoms with van der Waals surface area (Å²) in [4.78, 5) is 4.36. The molecular weight excluding hydrogens is 246 g/mol. The summed E-state index contributed by atoms with van der Waals surface area (Å²) in [6, 6.07) is 9.97. The van der Waals surface area contributed by atoms with E-state index >= 15 is 0 Å². The summed E-state index contributed by atoms with van der Waals surface area (Å²) in [5.74, 6) is 0. The molecule has 0 bridgehead atoms. The molecule has 2 rings (SSSR count). The van der Waals surface area contributed by atoms with Gasteiger partial charge in [0.05, 0.1) is 12.1 Å². The fourth-order valence-electron chi connectivity index (χ4n) is 1.75. The van der Waals surface area contributed by atoms with Crippen molar-refractivity contribution in [2.75, 3.05) is 6.61 Å². The van der Waals surface area contributed by atoms with Crippen LogP contribution in [0.3, 0.4) is 0 Å². The lowest BCUT2D eigenvalue weighted by atomic mass is 10.2. The highest BCUT2D eigenvalue weighted by atomic mass is 35.5. The molecule has 2 nitrogen and oxygen atoms in total. The number of rotatable bonds is 6. The highest BCUT2D eigenvalue weighted by Gasteiger charge is 2.04. The first-order chi connectivity index (χ1) is 8.81. The maximum absolute atomic E-state index is 6.14. The molecule has 3 heteroatoms. The molecule has 0 unspecified atom stereocenters. The monoisotopic (exact) mass is 261 g/mol. The summed E-state index contributed by atoms with van der Waals surface area (Å²) < 4.78 is 5.58. The minimum atomic E-state index is 0.508. The summed E-state index contributed by atoms with van der Waals surface area (Å²) in [6.45, 7) is 4.90. The van der Waals surface area contributed by atoms with Crippen molar-refractivity contribution in [2.24, 2.45) is 0 Å². The van der Waals surface area contributed by atoms with Crippen LogP contribution in [0.25, 0.3) is 10.9 Å². The molecule has 0 radical (unpaired) electrons. The predicted molar refractivity (Wildman–Crippen MR) is 75.8 cm³/mol. The lowest BCUT2D eigenvalue weighted by molar-refractivity contribution is 0.119. The minimum Gasteiger partial charge on any atom is -0.377 e. The summed E-state index contributed by atoms with van der Waals surface area (Å²) >= 11 is 6.14. The van der Waals surface area contributed by atoms with Gasteiger partial charge in [-0.1, -0.05) is 35.9 Å². The molecule has 0 fully saturated rings. The number of hydrogen-bond acceptors (Lipinski definition) is 2. The first-order valence-corrected chi connectivity index (χ1v) is 6.42. The number of halogens is 1. The Bertz CT molecular complexity index is 539. The standard InChI is InChI=1S/C15H16ClNO/c1-2-3-6-9-18-11-13-10-12-7-4-5-8-14(12)17-15(13)16/h2,4-5,7-8,10H,1,3,6,9,11H2. The van der Waals surface area contributed by atoms with Crippen LogP contribution in [0.4, 0.5) is 0 Å². The lowest BCUT2D eigenvalue weighted by Crippen LogP contribution is -1.97. The number of unbranched alkanes of at least 4 members (excludes halogenated alkanes) is 1. The SMILES string of the molecule is C=CCCCOCc1cc2ccccc2nc1Cl. The van der Waals surface area contributed by atoms with Gasteiger partial charge >= 0.3 is 0 Å². The Morgan fingerprint density at radius 3 is 3.00 bits per heavy atom. The van der Waals surface area contributed by atoms with Gasteiger partial charge in [-0.25, -0.2) is 4.98 Å². The molecule has 1 aromatic heterocycles. The molecule has 0 amide bonds. The molecule has 94 valence electrons. The second-order valence-corrected chi connectivity index (χ2v) is 4.47.